The third kappa shape index (κ3) is 5.14. The molecule has 0 bridgehead atoms. The van der Waals surface area contributed by atoms with E-state index in [0.717, 1.165) is 0 Å². The van der Waals surface area contributed by atoms with E-state index in [9.17, 15) is 14.0 Å². The molecule has 6 nitrogen and oxygen atoms in total. The van der Waals surface area contributed by atoms with Crippen LogP contribution in [-0.4, -0.2) is 26.0 Å². The topological polar surface area (TPSA) is 76.7 Å². The van der Waals surface area contributed by atoms with Crippen molar-refractivity contribution in [2.24, 2.45) is 0 Å². The van der Waals surface area contributed by atoms with Gasteiger partial charge in [0.15, 0.2) is 0 Å². The number of hydrogen-bond donors (Lipinski definition) is 2. The van der Waals surface area contributed by atoms with E-state index in [-0.39, 0.29) is 24.1 Å². The van der Waals surface area contributed by atoms with Crippen LogP contribution >= 0.6 is 0 Å². The minimum atomic E-state index is -0.362. The van der Waals surface area contributed by atoms with Crippen LogP contribution in [0.2, 0.25) is 0 Å². The zero-order chi connectivity index (χ0) is 21.5. The van der Waals surface area contributed by atoms with E-state index >= 15 is 0 Å². The molecule has 0 spiro atoms. The Morgan fingerprint density at radius 1 is 0.833 bits per heavy atom. The van der Waals surface area contributed by atoms with E-state index in [1.165, 1.54) is 26.4 Å². The first kappa shape index (κ1) is 20.9. The number of methoxy groups -OCH3 is 2. The lowest BCUT2D eigenvalue weighted by Crippen LogP contribution is -2.16. The number of nitrogens with one attached hydrogen (secondary N) is 2. The van der Waals surface area contributed by atoms with Crippen molar-refractivity contribution in [1.82, 2.24) is 0 Å². The second-order valence-corrected chi connectivity index (χ2v) is 6.42. The SMILES string of the molecule is COc1cc(NC(=O)c2ccccc2)c(OC)cc1NC(=O)Cc1ccc(F)cc1. The van der Waals surface area contributed by atoms with Gasteiger partial charge in [0.25, 0.3) is 5.91 Å². The quantitative estimate of drug-likeness (QED) is 0.612. The number of hydrogen-bond acceptors (Lipinski definition) is 4. The van der Waals surface area contributed by atoms with Crippen molar-refractivity contribution in [2.45, 2.75) is 6.42 Å². The monoisotopic (exact) mass is 408 g/mol. The minimum absolute atomic E-state index is 0.0677. The Balaban J connectivity index is 1.79. The van der Waals surface area contributed by atoms with Gasteiger partial charge >= 0.3 is 0 Å². The van der Waals surface area contributed by atoms with Crippen LogP contribution in [0.5, 0.6) is 11.5 Å². The van der Waals surface area contributed by atoms with Crippen LogP contribution in [0.25, 0.3) is 0 Å². The molecule has 2 amide bonds. The fourth-order valence-electron chi connectivity index (χ4n) is 2.86. The molecular formula is C23H21FN2O4. The molecule has 0 aromatic heterocycles. The molecule has 0 radical (unpaired) electrons. The Morgan fingerprint density at radius 3 is 1.97 bits per heavy atom. The number of ether oxygens (including phenoxy) is 2. The Bertz CT molecular complexity index is 1040. The van der Waals surface area contributed by atoms with Gasteiger partial charge in [0.2, 0.25) is 5.91 Å². The van der Waals surface area contributed by atoms with Crippen molar-refractivity contribution in [1.29, 1.82) is 0 Å². The fraction of sp³-hybridized carbons (Fsp3) is 0.130. The van der Waals surface area contributed by atoms with Gasteiger partial charge in [-0.15, -0.1) is 0 Å². The lowest BCUT2D eigenvalue weighted by Gasteiger charge is -2.16. The predicted molar refractivity (Wildman–Crippen MR) is 113 cm³/mol. The Morgan fingerprint density at radius 2 is 1.40 bits per heavy atom. The number of rotatable bonds is 7. The van der Waals surface area contributed by atoms with Crippen LogP contribution < -0.4 is 20.1 Å². The van der Waals surface area contributed by atoms with Crippen molar-refractivity contribution < 1.29 is 23.5 Å². The van der Waals surface area contributed by atoms with Gasteiger partial charge in [0.1, 0.15) is 17.3 Å². The standard InChI is InChI=1S/C23H21FN2O4/c1-29-20-14-19(26-23(28)16-6-4-3-5-7-16)21(30-2)13-18(20)25-22(27)12-15-8-10-17(24)11-9-15/h3-11,13-14H,12H2,1-2H3,(H,25,27)(H,26,28). The van der Waals surface area contributed by atoms with Crippen LogP contribution in [0, 0.1) is 5.82 Å². The van der Waals surface area contributed by atoms with Crippen LogP contribution in [0.4, 0.5) is 15.8 Å². The molecule has 0 aliphatic rings. The average molecular weight is 408 g/mol. The maximum atomic E-state index is 13.0. The van der Waals surface area contributed by atoms with Crippen molar-refractivity contribution in [3.05, 3.63) is 83.7 Å². The maximum Gasteiger partial charge on any atom is 0.255 e. The molecule has 0 saturated heterocycles. The molecule has 3 aromatic carbocycles. The van der Waals surface area contributed by atoms with Gasteiger partial charge in [-0.2, -0.15) is 0 Å². The molecule has 2 N–H and O–H groups in total. The number of anilines is 2. The lowest BCUT2D eigenvalue weighted by atomic mass is 10.1. The average Bonchev–Trinajstić information content (AvgIpc) is 2.76. The normalized spacial score (nSPS) is 10.2. The van der Waals surface area contributed by atoms with Gasteiger partial charge in [-0.1, -0.05) is 30.3 Å². The van der Waals surface area contributed by atoms with Gasteiger partial charge in [0.05, 0.1) is 32.0 Å². The summed E-state index contributed by atoms with van der Waals surface area (Å²) in [5, 5.41) is 5.55. The molecule has 0 heterocycles. The van der Waals surface area contributed by atoms with Gasteiger partial charge < -0.3 is 20.1 Å². The molecular weight excluding hydrogens is 387 g/mol. The number of benzene rings is 3. The smallest absolute Gasteiger partial charge is 0.255 e. The van der Waals surface area contributed by atoms with Crippen molar-refractivity contribution in [2.75, 3.05) is 24.9 Å². The third-order valence-corrected chi connectivity index (χ3v) is 4.36. The van der Waals surface area contributed by atoms with E-state index in [0.29, 0.717) is 34.0 Å². The van der Waals surface area contributed by atoms with Crippen LogP contribution in [0.1, 0.15) is 15.9 Å². The zero-order valence-electron chi connectivity index (χ0n) is 16.6. The van der Waals surface area contributed by atoms with Crippen molar-refractivity contribution >= 4 is 23.2 Å². The predicted octanol–water partition coefficient (Wildman–Crippen LogP) is 4.28. The summed E-state index contributed by atoms with van der Waals surface area (Å²) in [4.78, 5) is 24.9. The summed E-state index contributed by atoms with van der Waals surface area (Å²) in [6.45, 7) is 0. The van der Waals surface area contributed by atoms with E-state index < -0.39 is 0 Å². The highest BCUT2D eigenvalue weighted by Crippen LogP contribution is 2.36. The minimum Gasteiger partial charge on any atom is -0.494 e. The molecule has 0 aliphatic heterocycles. The lowest BCUT2D eigenvalue weighted by molar-refractivity contribution is -0.115. The highest BCUT2D eigenvalue weighted by molar-refractivity contribution is 6.05. The van der Waals surface area contributed by atoms with E-state index in [1.54, 1.807) is 48.5 Å². The van der Waals surface area contributed by atoms with Crippen LogP contribution in [0.3, 0.4) is 0 Å². The first-order valence-electron chi connectivity index (χ1n) is 9.17. The summed E-state index contributed by atoms with van der Waals surface area (Å²) in [5.41, 5.74) is 1.96. The number of carbonyl (C=O) groups excluding carboxylic acids is 2. The van der Waals surface area contributed by atoms with Gasteiger partial charge in [-0.05, 0) is 29.8 Å². The third-order valence-electron chi connectivity index (χ3n) is 4.36. The zero-order valence-corrected chi connectivity index (χ0v) is 16.6. The molecule has 3 aromatic rings. The molecule has 0 aliphatic carbocycles. The van der Waals surface area contributed by atoms with Crippen LogP contribution in [0.15, 0.2) is 66.7 Å². The molecule has 0 saturated carbocycles. The van der Waals surface area contributed by atoms with E-state index in [2.05, 4.69) is 10.6 Å². The molecule has 30 heavy (non-hydrogen) atoms. The van der Waals surface area contributed by atoms with E-state index in [4.69, 9.17) is 9.47 Å². The first-order chi connectivity index (χ1) is 14.5. The summed E-state index contributed by atoms with van der Waals surface area (Å²) >= 11 is 0. The molecule has 0 fully saturated rings. The van der Waals surface area contributed by atoms with Gasteiger partial charge in [-0.25, -0.2) is 4.39 Å². The second-order valence-electron chi connectivity index (χ2n) is 6.42. The molecule has 7 heteroatoms. The first-order valence-corrected chi connectivity index (χ1v) is 9.17. The second kappa shape index (κ2) is 9.56. The Hall–Kier alpha value is -3.87. The number of carbonyl (C=O) groups is 2. The van der Waals surface area contributed by atoms with Crippen molar-refractivity contribution in [3.8, 4) is 11.5 Å². The summed E-state index contributed by atoms with van der Waals surface area (Å²) < 4.78 is 23.8. The van der Waals surface area contributed by atoms with Gasteiger partial charge in [-0.3, -0.25) is 9.59 Å². The highest BCUT2D eigenvalue weighted by atomic mass is 19.1. The van der Waals surface area contributed by atoms with E-state index in [1.807, 2.05) is 6.07 Å². The van der Waals surface area contributed by atoms with Gasteiger partial charge in [0, 0.05) is 17.7 Å². The summed E-state index contributed by atoms with van der Waals surface area (Å²) in [6, 6.07) is 17.6. The number of amides is 2. The number of halogens is 1. The molecule has 0 atom stereocenters. The largest absolute Gasteiger partial charge is 0.494 e. The maximum absolute atomic E-state index is 13.0. The highest BCUT2D eigenvalue weighted by Gasteiger charge is 2.16. The molecule has 0 unspecified atom stereocenters. The summed E-state index contributed by atoms with van der Waals surface area (Å²) in [5.74, 6) is -0.255. The Labute approximate surface area is 173 Å². The van der Waals surface area contributed by atoms with Crippen molar-refractivity contribution in [3.63, 3.8) is 0 Å². The summed E-state index contributed by atoms with van der Waals surface area (Å²) in [6.07, 6.45) is 0.0677. The van der Waals surface area contributed by atoms with Crippen LogP contribution in [-0.2, 0) is 11.2 Å². The Kier molecular flexibility index (Phi) is 6.64. The molecule has 154 valence electrons. The fourth-order valence-corrected chi connectivity index (χ4v) is 2.86. The summed E-state index contributed by atoms with van der Waals surface area (Å²) in [7, 11) is 2.92. The molecule has 3 rings (SSSR count).